The van der Waals surface area contributed by atoms with Gasteiger partial charge in [-0.05, 0) is 18.6 Å². The van der Waals surface area contributed by atoms with E-state index < -0.39 is 35.8 Å². The number of furan rings is 1. The van der Waals surface area contributed by atoms with Gasteiger partial charge < -0.3 is 24.7 Å². The number of ether oxygens (including phenoxy) is 1. The number of amides is 1. The Balaban J connectivity index is 1.56. The molecule has 3 rings (SSSR count). The number of H-pyrrole nitrogens is 1. The van der Waals surface area contributed by atoms with Gasteiger partial charge in [-0.15, -0.1) is 0 Å². The molecule has 1 aliphatic heterocycles. The molecule has 26 heavy (non-hydrogen) atoms. The molecule has 4 N–H and O–H groups in total. The van der Waals surface area contributed by atoms with Crippen LogP contribution in [0.3, 0.4) is 0 Å². The first-order chi connectivity index (χ1) is 12.5. The molecule has 0 saturated carbocycles. The van der Waals surface area contributed by atoms with Gasteiger partial charge in [0.15, 0.2) is 6.23 Å². The van der Waals surface area contributed by atoms with Crippen molar-refractivity contribution in [3.05, 3.63) is 57.3 Å². The first kappa shape index (κ1) is 18.1. The second-order valence-corrected chi connectivity index (χ2v) is 5.96. The van der Waals surface area contributed by atoms with Gasteiger partial charge in [-0.2, -0.15) is 0 Å². The highest BCUT2D eigenvalue weighted by molar-refractivity contribution is 5.75. The van der Waals surface area contributed by atoms with Crippen molar-refractivity contribution in [1.29, 1.82) is 0 Å². The zero-order valence-electron chi connectivity index (χ0n) is 13.7. The van der Waals surface area contributed by atoms with E-state index in [9.17, 15) is 24.6 Å². The number of carbonyl (C=O) groups excluding carboxylic acids is 1. The minimum Gasteiger partial charge on any atom is -0.467 e. The maximum atomic E-state index is 11.9. The van der Waals surface area contributed by atoms with Crippen molar-refractivity contribution in [2.75, 3.05) is 0 Å². The first-order valence-electron chi connectivity index (χ1n) is 8.08. The Bertz CT molecular complexity index is 857. The summed E-state index contributed by atoms with van der Waals surface area (Å²) in [5, 5.41) is 22.9. The van der Waals surface area contributed by atoms with E-state index in [1.54, 1.807) is 12.1 Å². The fourth-order valence-electron chi connectivity index (χ4n) is 2.79. The summed E-state index contributed by atoms with van der Waals surface area (Å²) in [7, 11) is 0. The van der Waals surface area contributed by atoms with Gasteiger partial charge in [0.1, 0.15) is 18.0 Å². The zero-order valence-corrected chi connectivity index (χ0v) is 13.7. The first-order valence-corrected chi connectivity index (χ1v) is 8.08. The second kappa shape index (κ2) is 7.68. The summed E-state index contributed by atoms with van der Waals surface area (Å²) >= 11 is 0. The third-order valence-electron chi connectivity index (χ3n) is 4.16. The van der Waals surface area contributed by atoms with Gasteiger partial charge in [0.05, 0.1) is 18.9 Å². The van der Waals surface area contributed by atoms with E-state index in [-0.39, 0.29) is 25.3 Å². The number of hydrogen-bond acceptors (Lipinski definition) is 7. The summed E-state index contributed by atoms with van der Waals surface area (Å²) in [6.45, 7) is 0.248. The Labute approximate surface area is 147 Å². The summed E-state index contributed by atoms with van der Waals surface area (Å²) in [5.41, 5.74) is -1.34. The van der Waals surface area contributed by atoms with Gasteiger partial charge in [-0.3, -0.25) is 19.1 Å². The van der Waals surface area contributed by atoms with E-state index in [0.717, 1.165) is 10.6 Å². The lowest BCUT2D eigenvalue weighted by Gasteiger charge is -2.16. The van der Waals surface area contributed by atoms with Gasteiger partial charge in [-0.1, -0.05) is 0 Å². The van der Waals surface area contributed by atoms with Crippen molar-refractivity contribution in [3.63, 3.8) is 0 Å². The Morgan fingerprint density at radius 3 is 2.77 bits per heavy atom. The molecule has 1 fully saturated rings. The number of aliphatic hydroxyl groups excluding tert-OH is 2. The molecule has 0 radical (unpaired) electrons. The molecule has 1 amide bonds. The predicted molar refractivity (Wildman–Crippen MR) is 87.0 cm³/mol. The lowest BCUT2D eigenvalue weighted by Crippen LogP contribution is -2.37. The molecule has 4 atom stereocenters. The van der Waals surface area contributed by atoms with Crippen LogP contribution in [-0.2, 0) is 16.1 Å². The largest absolute Gasteiger partial charge is 0.467 e. The number of rotatable bonds is 6. The Hall–Kier alpha value is -2.69. The van der Waals surface area contributed by atoms with Crippen molar-refractivity contribution in [2.24, 2.45) is 0 Å². The molecule has 0 aliphatic carbocycles. The third-order valence-corrected chi connectivity index (χ3v) is 4.16. The molecule has 1 aliphatic rings. The fraction of sp³-hybridized carbons (Fsp3) is 0.438. The monoisotopic (exact) mass is 365 g/mol. The molecule has 140 valence electrons. The molecular formula is C16H19N3O7. The van der Waals surface area contributed by atoms with Crippen LogP contribution >= 0.6 is 0 Å². The molecule has 2 aromatic rings. The minimum absolute atomic E-state index is 0.0579. The normalized spacial score (nSPS) is 25.3. The standard InChI is InChI=1S/C16H19N3O7/c20-11(17-8-9-2-1-7-25-9)4-3-10-13(22)14(23)15(26-10)19-6-5-12(21)18-16(19)24/h1-2,5-7,10,13-15,22-23H,3-4,8H2,(H,17,20)(H,18,21,24)/t10-,13-,14-,15-/m1/s1. The van der Waals surface area contributed by atoms with Gasteiger partial charge >= 0.3 is 5.69 Å². The summed E-state index contributed by atoms with van der Waals surface area (Å²) in [6.07, 6.45) is -1.72. The quantitative estimate of drug-likeness (QED) is 0.505. The summed E-state index contributed by atoms with van der Waals surface area (Å²) in [6, 6.07) is 4.55. The van der Waals surface area contributed by atoms with Crippen LogP contribution in [0.2, 0.25) is 0 Å². The number of carbonyl (C=O) groups is 1. The predicted octanol–water partition coefficient (Wildman–Crippen LogP) is -1.15. The summed E-state index contributed by atoms with van der Waals surface area (Å²) < 4.78 is 11.6. The van der Waals surface area contributed by atoms with Crippen LogP contribution < -0.4 is 16.6 Å². The molecular weight excluding hydrogens is 346 g/mol. The van der Waals surface area contributed by atoms with Crippen molar-refractivity contribution in [2.45, 2.75) is 43.9 Å². The average molecular weight is 365 g/mol. The Morgan fingerprint density at radius 1 is 1.27 bits per heavy atom. The topological polar surface area (TPSA) is 147 Å². The van der Waals surface area contributed by atoms with Crippen LogP contribution in [0.5, 0.6) is 0 Å². The highest BCUT2D eigenvalue weighted by atomic mass is 16.6. The number of aromatic amines is 1. The molecule has 0 spiro atoms. The van der Waals surface area contributed by atoms with E-state index in [1.807, 2.05) is 0 Å². The maximum absolute atomic E-state index is 11.9. The van der Waals surface area contributed by atoms with E-state index >= 15 is 0 Å². The number of hydrogen-bond donors (Lipinski definition) is 4. The lowest BCUT2D eigenvalue weighted by molar-refractivity contribution is -0.122. The van der Waals surface area contributed by atoms with Gasteiger partial charge in [0, 0.05) is 18.7 Å². The SMILES string of the molecule is O=C(CC[C@H]1O[C@@H](n2ccc(=O)[nH]c2=O)[C@H](O)[C@@H]1O)NCc1ccco1. The van der Waals surface area contributed by atoms with Crippen molar-refractivity contribution < 1.29 is 24.2 Å². The number of aliphatic hydroxyl groups is 2. The number of nitrogens with zero attached hydrogens (tertiary/aromatic N) is 1. The molecule has 0 unspecified atom stereocenters. The lowest BCUT2D eigenvalue weighted by atomic mass is 10.1. The van der Waals surface area contributed by atoms with E-state index in [4.69, 9.17) is 9.15 Å². The van der Waals surface area contributed by atoms with Crippen LogP contribution in [0, 0.1) is 0 Å². The Morgan fingerprint density at radius 2 is 2.08 bits per heavy atom. The second-order valence-electron chi connectivity index (χ2n) is 5.96. The molecule has 1 saturated heterocycles. The maximum Gasteiger partial charge on any atom is 0.330 e. The highest BCUT2D eigenvalue weighted by Crippen LogP contribution is 2.30. The van der Waals surface area contributed by atoms with Crippen LogP contribution in [0.4, 0.5) is 0 Å². The van der Waals surface area contributed by atoms with E-state index in [1.165, 1.54) is 12.5 Å². The molecule has 2 aromatic heterocycles. The van der Waals surface area contributed by atoms with Crippen molar-refractivity contribution >= 4 is 5.91 Å². The van der Waals surface area contributed by atoms with Gasteiger partial charge in [-0.25, -0.2) is 4.79 Å². The average Bonchev–Trinajstić information content (AvgIpc) is 3.22. The van der Waals surface area contributed by atoms with Gasteiger partial charge in [0.25, 0.3) is 5.56 Å². The molecule has 10 heteroatoms. The van der Waals surface area contributed by atoms with Crippen LogP contribution in [0.1, 0.15) is 24.8 Å². The smallest absolute Gasteiger partial charge is 0.330 e. The van der Waals surface area contributed by atoms with E-state index in [2.05, 4.69) is 10.3 Å². The number of nitrogens with one attached hydrogen (secondary N) is 2. The fourth-order valence-corrected chi connectivity index (χ4v) is 2.79. The molecule has 0 bridgehead atoms. The molecule has 0 aromatic carbocycles. The summed E-state index contributed by atoms with van der Waals surface area (Å²) in [4.78, 5) is 36.9. The van der Waals surface area contributed by atoms with Gasteiger partial charge in [0.2, 0.25) is 5.91 Å². The third kappa shape index (κ3) is 3.93. The summed E-state index contributed by atoms with van der Waals surface area (Å²) in [5.74, 6) is 0.347. The molecule has 3 heterocycles. The molecule has 10 nitrogen and oxygen atoms in total. The van der Waals surface area contributed by atoms with Crippen molar-refractivity contribution in [3.8, 4) is 0 Å². The Kier molecular flexibility index (Phi) is 5.35. The van der Waals surface area contributed by atoms with E-state index in [0.29, 0.717) is 5.76 Å². The number of aromatic nitrogens is 2. The zero-order chi connectivity index (χ0) is 18.7. The van der Waals surface area contributed by atoms with Crippen LogP contribution in [-0.4, -0.2) is 44.0 Å². The van der Waals surface area contributed by atoms with Crippen LogP contribution in [0.25, 0.3) is 0 Å². The van der Waals surface area contributed by atoms with Crippen LogP contribution in [0.15, 0.2) is 44.7 Å². The highest BCUT2D eigenvalue weighted by Gasteiger charge is 2.43. The van der Waals surface area contributed by atoms with Crippen molar-refractivity contribution in [1.82, 2.24) is 14.9 Å². The minimum atomic E-state index is -1.37.